The molecule has 0 aromatic heterocycles. The van der Waals surface area contributed by atoms with E-state index < -0.39 is 5.97 Å². The molecule has 0 unspecified atom stereocenters. The molecular formula is C19H16ClNO3. The van der Waals surface area contributed by atoms with Gasteiger partial charge in [-0.25, -0.2) is 4.79 Å². The maximum absolute atomic E-state index is 12.8. The summed E-state index contributed by atoms with van der Waals surface area (Å²) < 4.78 is 4.93. The third-order valence-corrected chi connectivity index (χ3v) is 4.06. The zero-order valence-electron chi connectivity index (χ0n) is 13.2. The summed E-state index contributed by atoms with van der Waals surface area (Å²) in [6.07, 6.45) is 1.24. The van der Waals surface area contributed by atoms with Crippen LogP contribution in [0.2, 0.25) is 5.02 Å². The Morgan fingerprint density at radius 2 is 1.92 bits per heavy atom. The van der Waals surface area contributed by atoms with Gasteiger partial charge in [-0.3, -0.25) is 4.79 Å². The number of anilines is 1. The Labute approximate surface area is 145 Å². The maximum Gasteiger partial charge on any atom is 0.331 e. The molecule has 1 aliphatic heterocycles. The van der Waals surface area contributed by atoms with Crippen molar-refractivity contribution in [3.05, 3.63) is 70.8 Å². The molecule has 1 heterocycles. The third-order valence-electron chi connectivity index (χ3n) is 3.75. The van der Waals surface area contributed by atoms with Gasteiger partial charge in [-0.15, -0.1) is 0 Å². The summed E-state index contributed by atoms with van der Waals surface area (Å²) in [4.78, 5) is 26.2. The SMILES string of the molecule is CCOC(=O)/C=C1/C(=O)N(Cc2ccccc2)c2c(Cl)cccc21. The zero-order chi connectivity index (χ0) is 17.1. The van der Waals surface area contributed by atoms with E-state index in [1.165, 1.54) is 6.08 Å². The molecule has 0 atom stereocenters. The molecule has 0 aliphatic carbocycles. The fourth-order valence-corrected chi connectivity index (χ4v) is 3.00. The third kappa shape index (κ3) is 3.05. The van der Waals surface area contributed by atoms with Crippen LogP contribution in [0.4, 0.5) is 5.69 Å². The van der Waals surface area contributed by atoms with E-state index in [0.29, 0.717) is 28.4 Å². The predicted octanol–water partition coefficient (Wildman–Crippen LogP) is 3.83. The van der Waals surface area contributed by atoms with Gasteiger partial charge in [0, 0.05) is 11.6 Å². The smallest absolute Gasteiger partial charge is 0.331 e. The summed E-state index contributed by atoms with van der Waals surface area (Å²) in [6.45, 7) is 2.36. The van der Waals surface area contributed by atoms with E-state index in [2.05, 4.69) is 0 Å². The summed E-state index contributed by atoms with van der Waals surface area (Å²) in [5, 5.41) is 0.476. The molecule has 0 saturated carbocycles. The van der Waals surface area contributed by atoms with Crippen molar-refractivity contribution in [1.82, 2.24) is 0 Å². The number of carbonyl (C=O) groups is 2. The molecule has 3 rings (SSSR count). The normalized spacial score (nSPS) is 14.8. The molecule has 5 heteroatoms. The summed E-state index contributed by atoms with van der Waals surface area (Å²) in [6, 6.07) is 14.9. The largest absolute Gasteiger partial charge is 0.463 e. The van der Waals surface area contributed by atoms with Crippen LogP contribution in [-0.2, 0) is 20.9 Å². The van der Waals surface area contributed by atoms with Gasteiger partial charge >= 0.3 is 5.97 Å². The number of carbonyl (C=O) groups excluding carboxylic acids is 2. The predicted molar refractivity (Wildman–Crippen MR) is 93.7 cm³/mol. The van der Waals surface area contributed by atoms with Gasteiger partial charge in [0.2, 0.25) is 0 Å². The number of para-hydroxylation sites is 1. The summed E-state index contributed by atoms with van der Waals surface area (Å²) >= 11 is 6.32. The van der Waals surface area contributed by atoms with Gasteiger partial charge in [0.15, 0.2) is 0 Å². The average molecular weight is 342 g/mol. The van der Waals surface area contributed by atoms with Crippen LogP contribution in [0, 0.1) is 0 Å². The van der Waals surface area contributed by atoms with Gasteiger partial charge in [-0.05, 0) is 18.6 Å². The molecule has 2 aromatic rings. The molecule has 1 aliphatic rings. The lowest BCUT2D eigenvalue weighted by Crippen LogP contribution is -2.26. The minimum absolute atomic E-state index is 0.255. The van der Waals surface area contributed by atoms with Crippen LogP contribution in [0.15, 0.2) is 54.6 Å². The fourth-order valence-electron chi connectivity index (χ4n) is 2.73. The number of benzene rings is 2. The van der Waals surface area contributed by atoms with Crippen LogP contribution in [0.3, 0.4) is 0 Å². The van der Waals surface area contributed by atoms with E-state index in [1.54, 1.807) is 30.0 Å². The van der Waals surface area contributed by atoms with Gasteiger partial charge in [0.05, 0.1) is 29.4 Å². The van der Waals surface area contributed by atoms with Crippen LogP contribution in [0.5, 0.6) is 0 Å². The number of fused-ring (bicyclic) bond motifs is 1. The Bertz CT molecular complexity index is 815. The molecule has 4 nitrogen and oxygen atoms in total. The minimum atomic E-state index is -0.534. The monoisotopic (exact) mass is 341 g/mol. The van der Waals surface area contributed by atoms with Crippen LogP contribution in [0.25, 0.3) is 5.57 Å². The maximum atomic E-state index is 12.8. The lowest BCUT2D eigenvalue weighted by Gasteiger charge is -2.18. The first-order valence-electron chi connectivity index (χ1n) is 7.65. The standard InChI is InChI=1S/C19H16ClNO3/c1-2-24-17(22)11-15-14-9-6-10-16(20)18(14)21(19(15)23)12-13-7-4-3-5-8-13/h3-11H,2,12H2,1H3/b15-11+. The number of halogens is 1. The Hall–Kier alpha value is -2.59. The highest BCUT2D eigenvalue weighted by Crippen LogP contribution is 2.42. The molecule has 0 fully saturated rings. The van der Waals surface area contributed by atoms with Crippen molar-refractivity contribution >= 4 is 34.7 Å². The van der Waals surface area contributed by atoms with E-state index in [9.17, 15) is 9.59 Å². The van der Waals surface area contributed by atoms with Crippen molar-refractivity contribution in [2.24, 2.45) is 0 Å². The van der Waals surface area contributed by atoms with Crippen LogP contribution in [-0.4, -0.2) is 18.5 Å². The highest BCUT2D eigenvalue weighted by atomic mass is 35.5. The fraction of sp³-hybridized carbons (Fsp3) is 0.158. The van der Waals surface area contributed by atoms with Crippen molar-refractivity contribution in [2.75, 3.05) is 11.5 Å². The topological polar surface area (TPSA) is 46.6 Å². The molecule has 2 aromatic carbocycles. The number of hydrogen-bond acceptors (Lipinski definition) is 3. The molecular weight excluding hydrogens is 326 g/mol. The second-order valence-electron chi connectivity index (χ2n) is 5.32. The molecule has 0 radical (unpaired) electrons. The average Bonchev–Trinajstić information content (AvgIpc) is 2.83. The minimum Gasteiger partial charge on any atom is -0.463 e. The zero-order valence-corrected chi connectivity index (χ0v) is 13.9. The van der Waals surface area contributed by atoms with Crippen molar-refractivity contribution in [3.63, 3.8) is 0 Å². The Morgan fingerprint density at radius 3 is 2.62 bits per heavy atom. The molecule has 0 N–H and O–H groups in total. The van der Waals surface area contributed by atoms with Gasteiger partial charge in [-0.1, -0.05) is 54.1 Å². The lowest BCUT2D eigenvalue weighted by atomic mass is 10.1. The van der Waals surface area contributed by atoms with E-state index in [1.807, 2.05) is 30.3 Å². The van der Waals surface area contributed by atoms with Gasteiger partial charge < -0.3 is 9.64 Å². The first-order chi connectivity index (χ1) is 11.6. The van der Waals surface area contributed by atoms with Gasteiger partial charge in [-0.2, -0.15) is 0 Å². The molecule has 24 heavy (non-hydrogen) atoms. The molecule has 122 valence electrons. The molecule has 1 amide bonds. The van der Waals surface area contributed by atoms with Gasteiger partial charge in [0.25, 0.3) is 5.91 Å². The Kier molecular flexibility index (Phi) is 4.67. The van der Waals surface area contributed by atoms with E-state index in [4.69, 9.17) is 16.3 Å². The van der Waals surface area contributed by atoms with E-state index >= 15 is 0 Å². The van der Waals surface area contributed by atoms with Crippen molar-refractivity contribution < 1.29 is 14.3 Å². The number of rotatable bonds is 4. The second kappa shape index (κ2) is 6.89. The van der Waals surface area contributed by atoms with E-state index in [0.717, 1.165) is 5.56 Å². The number of amides is 1. The first-order valence-corrected chi connectivity index (χ1v) is 8.02. The Morgan fingerprint density at radius 1 is 1.17 bits per heavy atom. The lowest BCUT2D eigenvalue weighted by molar-refractivity contribution is -0.137. The van der Waals surface area contributed by atoms with Gasteiger partial charge in [0.1, 0.15) is 0 Å². The van der Waals surface area contributed by atoms with Crippen molar-refractivity contribution in [2.45, 2.75) is 13.5 Å². The summed E-state index contributed by atoms with van der Waals surface area (Å²) in [7, 11) is 0. The van der Waals surface area contributed by atoms with E-state index in [-0.39, 0.29) is 12.5 Å². The molecule has 0 bridgehead atoms. The number of nitrogens with zero attached hydrogens (tertiary/aromatic N) is 1. The Balaban J connectivity index is 2.03. The molecule has 0 saturated heterocycles. The quantitative estimate of drug-likeness (QED) is 0.627. The summed E-state index contributed by atoms with van der Waals surface area (Å²) in [5.41, 5.74) is 2.57. The van der Waals surface area contributed by atoms with Crippen LogP contribution < -0.4 is 4.90 Å². The number of hydrogen-bond donors (Lipinski definition) is 0. The second-order valence-corrected chi connectivity index (χ2v) is 5.73. The highest BCUT2D eigenvalue weighted by molar-refractivity contribution is 6.41. The van der Waals surface area contributed by atoms with Crippen LogP contribution >= 0.6 is 11.6 Å². The number of ether oxygens (including phenoxy) is 1. The summed E-state index contributed by atoms with van der Waals surface area (Å²) in [5.74, 6) is -0.789. The molecule has 0 spiro atoms. The highest BCUT2D eigenvalue weighted by Gasteiger charge is 2.34. The van der Waals surface area contributed by atoms with Crippen molar-refractivity contribution in [1.29, 1.82) is 0 Å². The van der Waals surface area contributed by atoms with Crippen LogP contribution in [0.1, 0.15) is 18.1 Å². The number of esters is 1. The van der Waals surface area contributed by atoms with Crippen molar-refractivity contribution in [3.8, 4) is 0 Å². The first kappa shape index (κ1) is 16.3.